The fourth-order valence-corrected chi connectivity index (χ4v) is 4.51. The van der Waals surface area contributed by atoms with Gasteiger partial charge >= 0.3 is 0 Å². The molecule has 2 aromatic rings. The number of halogens is 1. The molecule has 1 heterocycles. The quantitative estimate of drug-likeness (QED) is 0.757. The smallest absolute Gasteiger partial charge is 0.279 e. The first kappa shape index (κ1) is 19.5. The maximum Gasteiger partial charge on any atom is 0.279 e. The van der Waals surface area contributed by atoms with Crippen LogP contribution in [0.5, 0.6) is 11.5 Å². The minimum absolute atomic E-state index is 0.244. The second kappa shape index (κ2) is 8.19. The van der Waals surface area contributed by atoms with E-state index in [2.05, 4.69) is 17.8 Å². The fourth-order valence-electron chi connectivity index (χ4n) is 3.11. The Morgan fingerprint density at radius 3 is 2.59 bits per heavy atom. The summed E-state index contributed by atoms with van der Waals surface area (Å²) in [5.41, 5.74) is 6.36. The number of hydrazine groups is 1. The number of thiophene rings is 1. The molecule has 1 unspecified atom stereocenters. The van der Waals surface area contributed by atoms with Crippen LogP contribution in [0.25, 0.3) is 0 Å². The lowest BCUT2D eigenvalue weighted by molar-refractivity contribution is 0.0848. The van der Waals surface area contributed by atoms with Crippen LogP contribution in [-0.4, -0.2) is 26.0 Å². The third-order valence-corrected chi connectivity index (χ3v) is 6.05. The molecule has 1 aromatic heterocycles. The number of ether oxygens (including phenoxy) is 2. The number of aryl methyl sites for hydroxylation is 1. The van der Waals surface area contributed by atoms with E-state index in [0.717, 1.165) is 19.3 Å². The summed E-state index contributed by atoms with van der Waals surface area (Å²) in [7, 11) is 2.92. The molecule has 27 heavy (non-hydrogen) atoms. The molecule has 0 saturated heterocycles. The van der Waals surface area contributed by atoms with Gasteiger partial charge < -0.3 is 9.47 Å². The monoisotopic (exact) mass is 408 g/mol. The maximum absolute atomic E-state index is 12.4. The van der Waals surface area contributed by atoms with Crippen LogP contribution in [0.3, 0.4) is 0 Å². The van der Waals surface area contributed by atoms with Gasteiger partial charge in [0.15, 0.2) is 11.5 Å². The summed E-state index contributed by atoms with van der Waals surface area (Å²) >= 11 is 7.60. The van der Waals surface area contributed by atoms with E-state index in [1.54, 1.807) is 0 Å². The molecule has 2 amide bonds. The van der Waals surface area contributed by atoms with Gasteiger partial charge in [-0.1, -0.05) is 18.5 Å². The van der Waals surface area contributed by atoms with Crippen molar-refractivity contribution in [3.63, 3.8) is 0 Å². The molecule has 1 aliphatic carbocycles. The van der Waals surface area contributed by atoms with Crippen LogP contribution in [0, 0.1) is 5.92 Å². The molecule has 0 saturated carbocycles. The van der Waals surface area contributed by atoms with Crippen molar-refractivity contribution in [3.05, 3.63) is 44.1 Å². The fraction of sp³-hybridized carbons (Fsp3) is 0.368. The summed E-state index contributed by atoms with van der Waals surface area (Å²) in [4.78, 5) is 26.6. The van der Waals surface area contributed by atoms with Crippen molar-refractivity contribution < 1.29 is 19.1 Å². The molecular weight excluding hydrogens is 388 g/mol. The van der Waals surface area contributed by atoms with Crippen molar-refractivity contribution in [2.24, 2.45) is 5.92 Å². The predicted molar refractivity (Wildman–Crippen MR) is 105 cm³/mol. The second-order valence-corrected chi connectivity index (χ2v) is 8.05. The number of methoxy groups -OCH3 is 2. The summed E-state index contributed by atoms with van der Waals surface area (Å²) in [5.74, 6) is 0.486. The zero-order valence-corrected chi connectivity index (χ0v) is 16.9. The number of fused-ring (bicyclic) bond motifs is 1. The number of benzene rings is 1. The SMILES string of the molecule is COc1cc(C(=O)NNC(=O)c2cc3c(s2)CCC(C)C3)cc(Cl)c1OC. The molecular formula is C19H21ClN2O4S. The predicted octanol–water partition coefficient (Wildman–Crippen LogP) is 3.62. The average Bonchev–Trinajstić information content (AvgIpc) is 3.08. The number of carbonyl (C=O) groups excluding carboxylic acids is 2. The van der Waals surface area contributed by atoms with Crippen LogP contribution in [0.15, 0.2) is 18.2 Å². The Hall–Kier alpha value is -2.25. The Labute approximate surface area is 166 Å². The molecule has 1 aliphatic rings. The molecule has 144 valence electrons. The molecule has 0 bridgehead atoms. The van der Waals surface area contributed by atoms with Crippen molar-refractivity contribution >= 4 is 34.8 Å². The lowest BCUT2D eigenvalue weighted by Gasteiger charge is -2.16. The van der Waals surface area contributed by atoms with Gasteiger partial charge in [0.05, 0.1) is 24.1 Å². The molecule has 0 fully saturated rings. The summed E-state index contributed by atoms with van der Waals surface area (Å²) in [6.45, 7) is 2.22. The van der Waals surface area contributed by atoms with E-state index in [1.807, 2.05) is 6.07 Å². The van der Waals surface area contributed by atoms with E-state index in [0.29, 0.717) is 22.3 Å². The summed E-state index contributed by atoms with van der Waals surface area (Å²) < 4.78 is 10.3. The van der Waals surface area contributed by atoms with E-state index >= 15 is 0 Å². The molecule has 1 aromatic carbocycles. The number of hydrogen-bond donors (Lipinski definition) is 2. The minimum Gasteiger partial charge on any atom is -0.493 e. The first-order chi connectivity index (χ1) is 12.9. The highest BCUT2D eigenvalue weighted by Crippen LogP contribution is 2.36. The van der Waals surface area contributed by atoms with E-state index in [1.165, 1.54) is 48.1 Å². The van der Waals surface area contributed by atoms with Crippen molar-refractivity contribution in [1.82, 2.24) is 10.9 Å². The number of nitrogens with one attached hydrogen (secondary N) is 2. The highest BCUT2D eigenvalue weighted by Gasteiger charge is 2.21. The average molecular weight is 409 g/mol. The third-order valence-electron chi connectivity index (χ3n) is 4.54. The van der Waals surface area contributed by atoms with Gasteiger partial charge in [-0.15, -0.1) is 11.3 Å². The van der Waals surface area contributed by atoms with Crippen LogP contribution in [0.1, 0.15) is 43.8 Å². The van der Waals surface area contributed by atoms with Crippen molar-refractivity contribution in [2.45, 2.75) is 26.2 Å². The van der Waals surface area contributed by atoms with Crippen molar-refractivity contribution in [1.29, 1.82) is 0 Å². The van der Waals surface area contributed by atoms with Gasteiger partial charge in [0.2, 0.25) is 0 Å². The van der Waals surface area contributed by atoms with Gasteiger partial charge in [0.1, 0.15) is 0 Å². The van der Waals surface area contributed by atoms with Crippen molar-refractivity contribution in [2.75, 3.05) is 14.2 Å². The molecule has 2 N–H and O–H groups in total. The van der Waals surface area contributed by atoms with Gasteiger partial charge in [-0.3, -0.25) is 20.4 Å². The van der Waals surface area contributed by atoms with Crippen LogP contribution >= 0.6 is 22.9 Å². The Balaban J connectivity index is 1.67. The lowest BCUT2D eigenvalue weighted by Crippen LogP contribution is -2.41. The zero-order valence-electron chi connectivity index (χ0n) is 15.3. The first-order valence-corrected chi connectivity index (χ1v) is 9.76. The van der Waals surface area contributed by atoms with E-state index in [9.17, 15) is 9.59 Å². The topological polar surface area (TPSA) is 76.7 Å². The lowest BCUT2D eigenvalue weighted by atomic mass is 9.90. The molecule has 6 nitrogen and oxygen atoms in total. The minimum atomic E-state index is -0.499. The molecule has 0 spiro atoms. The summed E-state index contributed by atoms with van der Waals surface area (Å²) in [5, 5.41) is 0.244. The molecule has 0 radical (unpaired) electrons. The highest BCUT2D eigenvalue weighted by atomic mass is 35.5. The van der Waals surface area contributed by atoms with Gasteiger partial charge in [-0.25, -0.2) is 0 Å². The van der Waals surface area contributed by atoms with Gasteiger partial charge in [-0.05, 0) is 48.9 Å². The van der Waals surface area contributed by atoms with E-state index in [-0.39, 0.29) is 16.5 Å². The van der Waals surface area contributed by atoms with Gasteiger partial charge in [0.25, 0.3) is 11.8 Å². The highest BCUT2D eigenvalue weighted by molar-refractivity contribution is 7.14. The molecule has 8 heteroatoms. The summed E-state index contributed by atoms with van der Waals surface area (Å²) in [6, 6.07) is 4.87. The van der Waals surface area contributed by atoms with E-state index in [4.69, 9.17) is 21.1 Å². The first-order valence-electron chi connectivity index (χ1n) is 8.56. The van der Waals surface area contributed by atoms with Gasteiger partial charge in [0, 0.05) is 10.4 Å². The largest absolute Gasteiger partial charge is 0.493 e. The standard InChI is InChI=1S/C19H21ClN2O4S/c1-10-4-5-15-11(6-10)9-16(27-15)19(24)22-21-18(23)12-7-13(20)17(26-3)14(8-12)25-2/h7-10H,4-6H2,1-3H3,(H,21,23)(H,22,24). The number of amides is 2. The number of hydrogen-bond acceptors (Lipinski definition) is 5. The zero-order chi connectivity index (χ0) is 19.6. The Bertz CT molecular complexity index is 881. The van der Waals surface area contributed by atoms with Crippen LogP contribution in [0.4, 0.5) is 0 Å². The molecule has 3 rings (SSSR count). The molecule has 1 atom stereocenters. The summed E-state index contributed by atoms with van der Waals surface area (Å²) in [6.07, 6.45) is 3.14. The van der Waals surface area contributed by atoms with Crippen LogP contribution in [-0.2, 0) is 12.8 Å². The normalized spacial score (nSPS) is 15.6. The number of rotatable bonds is 4. The van der Waals surface area contributed by atoms with Crippen molar-refractivity contribution in [3.8, 4) is 11.5 Å². The van der Waals surface area contributed by atoms with Crippen LogP contribution < -0.4 is 20.3 Å². The van der Waals surface area contributed by atoms with Gasteiger partial charge in [-0.2, -0.15) is 0 Å². The Morgan fingerprint density at radius 1 is 1.15 bits per heavy atom. The Morgan fingerprint density at radius 2 is 1.89 bits per heavy atom. The van der Waals surface area contributed by atoms with Crippen LogP contribution in [0.2, 0.25) is 5.02 Å². The molecule has 0 aliphatic heterocycles. The second-order valence-electron chi connectivity index (χ2n) is 6.51. The Kier molecular flexibility index (Phi) is 5.92. The number of carbonyl (C=O) groups is 2. The maximum atomic E-state index is 12.4. The van der Waals surface area contributed by atoms with E-state index < -0.39 is 5.91 Å². The third kappa shape index (κ3) is 4.20.